The maximum Gasteiger partial charge on any atom is 0.145 e. The van der Waals surface area contributed by atoms with E-state index < -0.39 is 0 Å². The molecular weight excluding hydrogens is 144 g/mol. The molecule has 60 valence electrons. The highest BCUT2D eigenvalue weighted by Crippen LogP contribution is 2.30. The number of ether oxygens (including phenoxy) is 1. The second-order valence-electron chi connectivity index (χ2n) is 2.99. The van der Waals surface area contributed by atoms with E-state index in [9.17, 15) is 4.79 Å². The molecule has 3 atom stereocenters. The van der Waals surface area contributed by atoms with Crippen LogP contribution in [-0.4, -0.2) is 29.7 Å². The van der Waals surface area contributed by atoms with Gasteiger partial charge >= 0.3 is 0 Å². The van der Waals surface area contributed by atoms with Gasteiger partial charge in [-0.1, -0.05) is 12.2 Å². The van der Waals surface area contributed by atoms with Gasteiger partial charge < -0.3 is 9.84 Å². The molecule has 3 heteroatoms. The summed E-state index contributed by atoms with van der Waals surface area (Å²) < 4.78 is 5.35. The van der Waals surface area contributed by atoms with Crippen molar-refractivity contribution >= 4 is 5.78 Å². The number of carbonyl (C=O) groups excluding carboxylic acids is 1. The highest BCUT2D eigenvalue weighted by atomic mass is 16.5. The molecule has 1 saturated heterocycles. The Morgan fingerprint density at radius 1 is 1.64 bits per heavy atom. The summed E-state index contributed by atoms with van der Waals surface area (Å²) >= 11 is 0. The lowest BCUT2D eigenvalue weighted by molar-refractivity contribution is -0.143. The lowest BCUT2D eigenvalue weighted by Gasteiger charge is -2.36. The number of hydrogen-bond donors (Lipinski definition) is 1. The monoisotopic (exact) mass is 154 g/mol. The van der Waals surface area contributed by atoms with Crippen LogP contribution in [0.1, 0.15) is 6.42 Å². The largest absolute Gasteiger partial charge is 0.394 e. The fourth-order valence-electron chi connectivity index (χ4n) is 1.47. The summed E-state index contributed by atoms with van der Waals surface area (Å²) in [5.74, 6) is 0.181. The first kappa shape index (κ1) is 7.00. The summed E-state index contributed by atoms with van der Waals surface area (Å²) in [6, 6.07) is 0. The number of hydrogen-bond acceptors (Lipinski definition) is 3. The summed E-state index contributed by atoms with van der Waals surface area (Å²) in [6.45, 7) is -0.0528. The van der Waals surface area contributed by atoms with Gasteiger partial charge in [-0.25, -0.2) is 0 Å². The van der Waals surface area contributed by atoms with E-state index in [1.54, 1.807) is 0 Å². The molecule has 2 aliphatic rings. The Kier molecular flexibility index (Phi) is 1.55. The quantitative estimate of drug-likeness (QED) is 0.536. The van der Waals surface area contributed by atoms with Crippen LogP contribution in [0.15, 0.2) is 12.2 Å². The van der Waals surface area contributed by atoms with Crippen LogP contribution in [0.3, 0.4) is 0 Å². The molecule has 1 aliphatic carbocycles. The van der Waals surface area contributed by atoms with Crippen molar-refractivity contribution in [1.29, 1.82) is 0 Å². The molecule has 2 rings (SSSR count). The Hall–Kier alpha value is -0.670. The van der Waals surface area contributed by atoms with Crippen LogP contribution in [0.25, 0.3) is 0 Å². The van der Waals surface area contributed by atoms with Crippen molar-refractivity contribution in [3.8, 4) is 0 Å². The van der Waals surface area contributed by atoms with E-state index in [1.165, 1.54) is 0 Å². The molecular formula is C8H10O3. The predicted octanol–water partition coefficient (Wildman–Crippen LogP) is -0.109. The lowest BCUT2D eigenvalue weighted by Crippen LogP contribution is -2.45. The maximum atomic E-state index is 11.2. The molecule has 0 aromatic heterocycles. The number of rotatable bonds is 1. The molecule has 0 radical (unpaired) electrons. The molecule has 3 nitrogen and oxygen atoms in total. The molecule has 0 amide bonds. The third-order valence-corrected chi connectivity index (χ3v) is 2.22. The highest BCUT2D eigenvalue weighted by molar-refractivity contribution is 5.86. The Balaban J connectivity index is 2.07. The first-order valence-electron chi connectivity index (χ1n) is 3.78. The average Bonchev–Trinajstić information content (AvgIpc) is 1.93. The van der Waals surface area contributed by atoms with Gasteiger partial charge in [-0.05, 0) is 0 Å². The second kappa shape index (κ2) is 2.43. The fraction of sp³-hybridized carbons (Fsp3) is 0.625. The van der Waals surface area contributed by atoms with E-state index in [0.29, 0.717) is 6.42 Å². The van der Waals surface area contributed by atoms with Gasteiger partial charge in [0.1, 0.15) is 5.78 Å². The smallest absolute Gasteiger partial charge is 0.145 e. The molecule has 0 saturated carbocycles. The number of ketones is 1. The van der Waals surface area contributed by atoms with Gasteiger partial charge in [-0.3, -0.25) is 4.79 Å². The van der Waals surface area contributed by atoms with Crippen molar-refractivity contribution in [2.75, 3.05) is 6.61 Å². The van der Waals surface area contributed by atoms with Crippen LogP contribution in [0, 0.1) is 5.92 Å². The predicted molar refractivity (Wildman–Crippen MR) is 38.0 cm³/mol. The van der Waals surface area contributed by atoms with E-state index >= 15 is 0 Å². The van der Waals surface area contributed by atoms with Gasteiger partial charge in [0.15, 0.2) is 0 Å². The van der Waals surface area contributed by atoms with E-state index in [1.807, 2.05) is 12.2 Å². The van der Waals surface area contributed by atoms with Crippen LogP contribution < -0.4 is 0 Å². The summed E-state index contributed by atoms with van der Waals surface area (Å²) in [5.41, 5.74) is 0. The molecule has 0 bridgehead atoms. The summed E-state index contributed by atoms with van der Waals surface area (Å²) in [5, 5.41) is 8.74. The summed E-state index contributed by atoms with van der Waals surface area (Å²) in [4.78, 5) is 11.2. The number of carbonyl (C=O) groups is 1. The third-order valence-electron chi connectivity index (χ3n) is 2.22. The Morgan fingerprint density at radius 3 is 2.91 bits per heavy atom. The molecule has 11 heavy (non-hydrogen) atoms. The van der Waals surface area contributed by atoms with E-state index in [4.69, 9.17) is 9.84 Å². The summed E-state index contributed by atoms with van der Waals surface area (Å²) in [7, 11) is 0. The Morgan fingerprint density at radius 2 is 2.45 bits per heavy atom. The second-order valence-corrected chi connectivity index (χ2v) is 2.99. The summed E-state index contributed by atoms with van der Waals surface area (Å²) in [6.07, 6.45) is 3.77. The zero-order valence-corrected chi connectivity index (χ0v) is 6.06. The molecule has 0 aromatic rings. The van der Waals surface area contributed by atoms with Crippen molar-refractivity contribution in [2.45, 2.75) is 18.6 Å². The van der Waals surface area contributed by atoms with E-state index in [2.05, 4.69) is 0 Å². The zero-order chi connectivity index (χ0) is 7.84. The minimum Gasteiger partial charge on any atom is -0.394 e. The molecule has 1 aliphatic heterocycles. The number of aliphatic hydroxyl groups excluding tert-OH is 1. The van der Waals surface area contributed by atoms with Crippen LogP contribution in [0.5, 0.6) is 0 Å². The third kappa shape index (κ3) is 1.01. The van der Waals surface area contributed by atoms with Crippen LogP contribution in [0.2, 0.25) is 0 Å². The van der Waals surface area contributed by atoms with Crippen LogP contribution in [-0.2, 0) is 9.53 Å². The molecule has 1 heterocycles. The van der Waals surface area contributed by atoms with Gasteiger partial charge in [0.2, 0.25) is 0 Å². The first-order chi connectivity index (χ1) is 5.31. The van der Waals surface area contributed by atoms with Crippen molar-refractivity contribution in [3.63, 3.8) is 0 Å². The fourth-order valence-corrected chi connectivity index (χ4v) is 1.47. The lowest BCUT2D eigenvalue weighted by atomic mass is 9.83. The van der Waals surface area contributed by atoms with Crippen LogP contribution in [0.4, 0.5) is 0 Å². The van der Waals surface area contributed by atoms with Gasteiger partial charge in [0.25, 0.3) is 0 Å². The van der Waals surface area contributed by atoms with Gasteiger partial charge in [0.05, 0.1) is 24.7 Å². The van der Waals surface area contributed by atoms with Crippen molar-refractivity contribution in [3.05, 3.63) is 12.2 Å². The normalized spacial score (nSPS) is 41.5. The molecule has 1 N–H and O–H groups in total. The Bertz CT molecular complexity index is 209. The minimum absolute atomic E-state index is 0.0159. The SMILES string of the molecule is O=C1C[C@@H](CO)O[C@@H]2C=C[C@H]12. The van der Waals surface area contributed by atoms with Crippen molar-refractivity contribution < 1.29 is 14.6 Å². The van der Waals surface area contributed by atoms with E-state index in [-0.39, 0.29) is 30.5 Å². The van der Waals surface area contributed by atoms with Crippen molar-refractivity contribution in [1.82, 2.24) is 0 Å². The number of Topliss-reactive ketones (excluding diaryl/α,β-unsaturated/α-hetero) is 1. The zero-order valence-electron chi connectivity index (χ0n) is 6.06. The highest BCUT2D eigenvalue weighted by Gasteiger charge is 2.38. The average molecular weight is 154 g/mol. The van der Waals surface area contributed by atoms with Gasteiger partial charge in [-0.15, -0.1) is 0 Å². The standard InChI is InChI=1S/C8H10O3/c9-4-5-3-7(10)6-1-2-8(6)11-5/h1-2,5-6,8-9H,3-4H2/t5-,6+,8+/m0/s1. The van der Waals surface area contributed by atoms with Crippen molar-refractivity contribution in [2.24, 2.45) is 5.92 Å². The van der Waals surface area contributed by atoms with Crippen LogP contribution >= 0.6 is 0 Å². The van der Waals surface area contributed by atoms with Gasteiger partial charge in [0, 0.05) is 6.42 Å². The van der Waals surface area contributed by atoms with E-state index in [0.717, 1.165) is 0 Å². The Labute approximate surface area is 64.7 Å². The number of fused-ring (bicyclic) bond motifs is 1. The number of aliphatic hydroxyl groups is 1. The minimum atomic E-state index is -0.270. The molecule has 0 aromatic carbocycles. The molecule has 0 spiro atoms. The maximum absolute atomic E-state index is 11.2. The van der Waals surface area contributed by atoms with Gasteiger partial charge in [-0.2, -0.15) is 0 Å². The molecule has 0 unspecified atom stereocenters. The topological polar surface area (TPSA) is 46.5 Å². The first-order valence-corrected chi connectivity index (χ1v) is 3.78. The molecule has 1 fully saturated rings.